The molecule has 0 bridgehead atoms. The van der Waals surface area contributed by atoms with E-state index in [4.69, 9.17) is 0 Å². The number of rotatable bonds is 4. The molecular formula is C19H23NS. The fraction of sp³-hybridized carbons (Fsp3) is 0.368. The van der Waals surface area contributed by atoms with Crippen molar-refractivity contribution in [3.63, 3.8) is 0 Å². The maximum absolute atomic E-state index is 3.77. The van der Waals surface area contributed by atoms with Gasteiger partial charge in [-0.3, -0.25) is 0 Å². The molecule has 1 aliphatic heterocycles. The number of nitrogens with one attached hydrogen (secondary N) is 1. The summed E-state index contributed by atoms with van der Waals surface area (Å²) in [5, 5.41) is 3.77. The van der Waals surface area contributed by atoms with Gasteiger partial charge in [0.25, 0.3) is 0 Å². The summed E-state index contributed by atoms with van der Waals surface area (Å²) in [6.45, 7) is 2.27. The van der Waals surface area contributed by atoms with Crippen molar-refractivity contribution in [1.29, 1.82) is 0 Å². The molecule has 0 spiro atoms. The summed E-state index contributed by atoms with van der Waals surface area (Å²) >= 11 is 2.08. The quantitative estimate of drug-likeness (QED) is 0.861. The van der Waals surface area contributed by atoms with Gasteiger partial charge in [0.15, 0.2) is 0 Å². The molecule has 2 unspecified atom stereocenters. The van der Waals surface area contributed by atoms with Crippen molar-refractivity contribution in [2.45, 2.75) is 31.8 Å². The molecule has 1 saturated heterocycles. The van der Waals surface area contributed by atoms with Gasteiger partial charge in [-0.25, -0.2) is 0 Å². The van der Waals surface area contributed by atoms with Gasteiger partial charge in [-0.1, -0.05) is 54.6 Å². The van der Waals surface area contributed by atoms with Gasteiger partial charge in [0.1, 0.15) is 0 Å². The van der Waals surface area contributed by atoms with Crippen LogP contribution in [0.5, 0.6) is 0 Å². The van der Waals surface area contributed by atoms with Crippen molar-refractivity contribution in [3.05, 3.63) is 60.2 Å². The third-order valence-electron chi connectivity index (χ3n) is 4.16. The normalized spacial score (nSPS) is 20.1. The van der Waals surface area contributed by atoms with E-state index < -0.39 is 0 Å². The van der Waals surface area contributed by atoms with Crippen LogP contribution in [0.3, 0.4) is 0 Å². The van der Waals surface area contributed by atoms with Crippen LogP contribution in [0.4, 0.5) is 0 Å². The summed E-state index contributed by atoms with van der Waals surface area (Å²) in [6, 6.07) is 20.7. The van der Waals surface area contributed by atoms with Crippen LogP contribution in [0.15, 0.2) is 54.6 Å². The Morgan fingerprint density at radius 2 is 1.71 bits per heavy atom. The van der Waals surface area contributed by atoms with Gasteiger partial charge in [0.2, 0.25) is 0 Å². The Morgan fingerprint density at radius 3 is 2.38 bits per heavy atom. The molecule has 1 nitrogen and oxygen atoms in total. The average molecular weight is 297 g/mol. The summed E-state index contributed by atoms with van der Waals surface area (Å²) < 4.78 is 0. The molecule has 0 aliphatic carbocycles. The minimum atomic E-state index is 0.429. The van der Waals surface area contributed by atoms with E-state index in [9.17, 15) is 0 Å². The van der Waals surface area contributed by atoms with E-state index in [1.165, 1.54) is 41.0 Å². The van der Waals surface area contributed by atoms with E-state index >= 15 is 0 Å². The predicted octanol–water partition coefficient (Wildman–Crippen LogP) is 4.90. The van der Waals surface area contributed by atoms with Crippen LogP contribution >= 0.6 is 11.8 Å². The number of hydrogen-bond donors (Lipinski definition) is 1. The topological polar surface area (TPSA) is 12.0 Å². The number of hydrogen-bond acceptors (Lipinski definition) is 2. The first-order valence-electron chi connectivity index (χ1n) is 7.82. The summed E-state index contributed by atoms with van der Waals surface area (Å²) in [6.07, 6.45) is 2.67. The van der Waals surface area contributed by atoms with E-state index in [1.807, 2.05) is 0 Å². The first-order chi connectivity index (χ1) is 10.3. The molecule has 2 atom stereocenters. The molecular weight excluding hydrogens is 274 g/mol. The Labute approximate surface area is 132 Å². The fourth-order valence-corrected chi connectivity index (χ4v) is 4.00. The van der Waals surface area contributed by atoms with Crippen LogP contribution in [0, 0.1) is 0 Å². The van der Waals surface area contributed by atoms with Crippen molar-refractivity contribution < 1.29 is 0 Å². The molecule has 2 heteroatoms. The van der Waals surface area contributed by atoms with Crippen LogP contribution in [0.1, 0.15) is 31.4 Å². The zero-order valence-electron chi connectivity index (χ0n) is 12.6. The van der Waals surface area contributed by atoms with E-state index in [0.717, 1.165) is 0 Å². The molecule has 1 N–H and O–H groups in total. The summed E-state index contributed by atoms with van der Waals surface area (Å²) in [5.74, 6) is 2.59. The summed E-state index contributed by atoms with van der Waals surface area (Å²) in [4.78, 5) is 0. The molecule has 0 aromatic heterocycles. The SMILES string of the molecule is CC(NC1CCCSC1)c1ccc(-c2ccccc2)cc1. The molecule has 2 aromatic rings. The zero-order valence-corrected chi connectivity index (χ0v) is 13.4. The van der Waals surface area contributed by atoms with Gasteiger partial charge in [-0.2, -0.15) is 11.8 Å². The lowest BCUT2D eigenvalue weighted by atomic mass is 10.0. The van der Waals surface area contributed by atoms with Crippen LogP contribution in [-0.2, 0) is 0 Å². The third kappa shape index (κ3) is 3.90. The number of benzene rings is 2. The molecule has 110 valence electrons. The standard InChI is InChI=1S/C19H23NS/c1-15(20-19-8-5-13-21-14-19)16-9-11-18(12-10-16)17-6-3-2-4-7-17/h2-4,6-7,9-12,15,19-20H,5,8,13-14H2,1H3. The second-order valence-corrected chi connectivity index (χ2v) is 6.94. The third-order valence-corrected chi connectivity index (χ3v) is 5.38. The van der Waals surface area contributed by atoms with Crippen LogP contribution in [0.2, 0.25) is 0 Å². The molecule has 21 heavy (non-hydrogen) atoms. The van der Waals surface area contributed by atoms with Crippen molar-refractivity contribution in [2.24, 2.45) is 0 Å². The zero-order chi connectivity index (χ0) is 14.5. The highest BCUT2D eigenvalue weighted by molar-refractivity contribution is 7.99. The lowest BCUT2D eigenvalue weighted by Crippen LogP contribution is -2.35. The van der Waals surface area contributed by atoms with Crippen LogP contribution in [0.25, 0.3) is 11.1 Å². The van der Waals surface area contributed by atoms with E-state index in [0.29, 0.717) is 12.1 Å². The molecule has 0 saturated carbocycles. The summed E-state index contributed by atoms with van der Waals surface area (Å²) in [7, 11) is 0. The van der Waals surface area contributed by atoms with Gasteiger partial charge < -0.3 is 5.32 Å². The molecule has 0 amide bonds. The maximum atomic E-state index is 3.77. The van der Waals surface area contributed by atoms with E-state index in [1.54, 1.807) is 0 Å². The monoisotopic (exact) mass is 297 g/mol. The molecule has 1 fully saturated rings. The predicted molar refractivity (Wildman–Crippen MR) is 93.8 cm³/mol. The Kier molecular flexibility index (Phi) is 5.00. The second kappa shape index (κ2) is 7.15. The van der Waals surface area contributed by atoms with Gasteiger partial charge in [-0.05, 0) is 42.2 Å². The first-order valence-corrected chi connectivity index (χ1v) is 8.97. The highest BCUT2D eigenvalue weighted by atomic mass is 32.2. The smallest absolute Gasteiger partial charge is 0.0294 e. The molecule has 1 heterocycles. The lowest BCUT2D eigenvalue weighted by molar-refractivity contribution is 0.453. The first kappa shape index (κ1) is 14.7. The Morgan fingerprint density at radius 1 is 1.00 bits per heavy atom. The Hall–Kier alpha value is -1.25. The molecule has 1 aliphatic rings. The minimum absolute atomic E-state index is 0.429. The van der Waals surface area contributed by atoms with Crippen molar-refractivity contribution in [2.75, 3.05) is 11.5 Å². The van der Waals surface area contributed by atoms with Gasteiger partial charge in [0, 0.05) is 17.8 Å². The van der Waals surface area contributed by atoms with Crippen molar-refractivity contribution in [1.82, 2.24) is 5.32 Å². The van der Waals surface area contributed by atoms with Gasteiger partial charge in [-0.15, -0.1) is 0 Å². The average Bonchev–Trinajstić information content (AvgIpc) is 2.57. The lowest BCUT2D eigenvalue weighted by Gasteiger charge is -2.26. The Balaban J connectivity index is 1.66. The fourth-order valence-electron chi connectivity index (χ4n) is 2.92. The van der Waals surface area contributed by atoms with Gasteiger partial charge in [0.05, 0.1) is 0 Å². The van der Waals surface area contributed by atoms with Crippen molar-refractivity contribution in [3.8, 4) is 11.1 Å². The van der Waals surface area contributed by atoms with E-state index in [2.05, 4.69) is 78.6 Å². The summed E-state index contributed by atoms with van der Waals surface area (Å²) in [5.41, 5.74) is 3.96. The maximum Gasteiger partial charge on any atom is 0.0294 e. The highest BCUT2D eigenvalue weighted by Gasteiger charge is 2.16. The van der Waals surface area contributed by atoms with E-state index in [-0.39, 0.29) is 0 Å². The Bertz CT molecular complexity index is 544. The molecule has 3 rings (SSSR count). The second-order valence-electron chi connectivity index (χ2n) is 5.79. The van der Waals surface area contributed by atoms with Crippen LogP contribution in [-0.4, -0.2) is 17.5 Å². The molecule has 0 radical (unpaired) electrons. The highest BCUT2D eigenvalue weighted by Crippen LogP contribution is 2.24. The van der Waals surface area contributed by atoms with Crippen LogP contribution < -0.4 is 5.32 Å². The molecule has 2 aromatic carbocycles. The van der Waals surface area contributed by atoms with Gasteiger partial charge >= 0.3 is 0 Å². The largest absolute Gasteiger partial charge is 0.307 e. The van der Waals surface area contributed by atoms with Crippen molar-refractivity contribution >= 4 is 11.8 Å². The number of thioether (sulfide) groups is 1. The minimum Gasteiger partial charge on any atom is -0.307 e.